The van der Waals surface area contributed by atoms with Gasteiger partial charge in [-0.3, -0.25) is 0 Å². The second-order valence-corrected chi connectivity index (χ2v) is 4.99. The topological polar surface area (TPSA) is 37.3 Å². The molecule has 0 aliphatic heterocycles. The molecule has 3 heteroatoms. The standard InChI is InChI=1S/C9H13BrO2/c1-9(2)4-3-6(8(11)12)7(10)5-9/h3-5H2,1-2H3,(H,11,12). The maximum absolute atomic E-state index is 10.7. The molecule has 0 unspecified atom stereocenters. The Morgan fingerprint density at radius 2 is 2.17 bits per heavy atom. The summed E-state index contributed by atoms with van der Waals surface area (Å²) < 4.78 is 0.867. The van der Waals surface area contributed by atoms with Crippen LogP contribution in [0.25, 0.3) is 0 Å². The summed E-state index contributed by atoms with van der Waals surface area (Å²) in [7, 11) is 0. The number of carboxylic acid groups (broad SMARTS) is 1. The second kappa shape index (κ2) is 3.21. The lowest BCUT2D eigenvalue weighted by molar-refractivity contribution is -0.133. The van der Waals surface area contributed by atoms with Crippen molar-refractivity contribution in [1.29, 1.82) is 0 Å². The van der Waals surface area contributed by atoms with Crippen LogP contribution >= 0.6 is 15.9 Å². The maximum atomic E-state index is 10.7. The van der Waals surface area contributed by atoms with Gasteiger partial charge in [0.15, 0.2) is 0 Å². The highest BCUT2D eigenvalue weighted by molar-refractivity contribution is 9.11. The van der Waals surface area contributed by atoms with Crippen molar-refractivity contribution in [3.05, 3.63) is 10.1 Å². The summed E-state index contributed by atoms with van der Waals surface area (Å²) in [6.45, 7) is 4.32. The Hall–Kier alpha value is -0.310. The summed E-state index contributed by atoms with van der Waals surface area (Å²) in [6.07, 6.45) is 2.49. The van der Waals surface area contributed by atoms with Gasteiger partial charge >= 0.3 is 5.97 Å². The molecule has 0 aromatic heterocycles. The smallest absolute Gasteiger partial charge is 0.332 e. The summed E-state index contributed by atoms with van der Waals surface area (Å²) in [5, 5.41) is 8.79. The van der Waals surface area contributed by atoms with E-state index in [9.17, 15) is 4.79 Å². The lowest BCUT2D eigenvalue weighted by Gasteiger charge is -2.29. The minimum Gasteiger partial charge on any atom is -0.478 e. The van der Waals surface area contributed by atoms with Crippen LogP contribution in [0.5, 0.6) is 0 Å². The third-order valence-corrected chi connectivity index (χ3v) is 3.03. The molecule has 12 heavy (non-hydrogen) atoms. The van der Waals surface area contributed by atoms with Crippen LogP contribution in [0.3, 0.4) is 0 Å². The highest BCUT2D eigenvalue weighted by Crippen LogP contribution is 2.40. The molecule has 0 bridgehead atoms. The Morgan fingerprint density at radius 3 is 2.58 bits per heavy atom. The van der Waals surface area contributed by atoms with Crippen molar-refractivity contribution in [2.75, 3.05) is 0 Å². The zero-order chi connectivity index (χ0) is 9.35. The molecule has 2 nitrogen and oxygen atoms in total. The van der Waals surface area contributed by atoms with Crippen molar-refractivity contribution in [2.24, 2.45) is 5.41 Å². The van der Waals surface area contributed by atoms with Crippen molar-refractivity contribution >= 4 is 21.9 Å². The fourth-order valence-electron chi connectivity index (χ4n) is 1.44. The van der Waals surface area contributed by atoms with Crippen molar-refractivity contribution in [3.8, 4) is 0 Å². The van der Waals surface area contributed by atoms with Crippen LogP contribution in [-0.2, 0) is 4.79 Å². The van der Waals surface area contributed by atoms with Crippen LogP contribution in [0, 0.1) is 5.41 Å². The Kier molecular flexibility index (Phi) is 2.61. The molecule has 0 fully saturated rings. The summed E-state index contributed by atoms with van der Waals surface area (Å²) in [5.41, 5.74) is 0.798. The van der Waals surface area contributed by atoms with E-state index in [-0.39, 0.29) is 5.41 Å². The average Bonchev–Trinajstić information content (AvgIpc) is 1.83. The van der Waals surface area contributed by atoms with Crippen LogP contribution in [0.4, 0.5) is 0 Å². The van der Waals surface area contributed by atoms with Crippen molar-refractivity contribution in [3.63, 3.8) is 0 Å². The van der Waals surface area contributed by atoms with E-state index in [2.05, 4.69) is 29.8 Å². The van der Waals surface area contributed by atoms with E-state index >= 15 is 0 Å². The van der Waals surface area contributed by atoms with E-state index in [0.717, 1.165) is 17.3 Å². The van der Waals surface area contributed by atoms with Gasteiger partial charge in [-0.2, -0.15) is 0 Å². The van der Waals surface area contributed by atoms with E-state index in [1.54, 1.807) is 0 Å². The third-order valence-electron chi connectivity index (χ3n) is 2.27. The van der Waals surface area contributed by atoms with Gasteiger partial charge in [-0.15, -0.1) is 0 Å². The van der Waals surface area contributed by atoms with Crippen LogP contribution in [0.1, 0.15) is 33.1 Å². The first-order chi connectivity index (χ1) is 5.42. The molecule has 0 amide bonds. The van der Waals surface area contributed by atoms with Gasteiger partial charge in [0, 0.05) is 10.1 Å². The minimum atomic E-state index is -0.780. The largest absolute Gasteiger partial charge is 0.478 e. The number of halogens is 1. The molecule has 0 saturated heterocycles. The SMILES string of the molecule is CC1(C)CCC(C(=O)O)=C(Br)C1. The van der Waals surface area contributed by atoms with Crippen molar-refractivity contribution in [1.82, 2.24) is 0 Å². The Balaban J connectivity index is 2.85. The van der Waals surface area contributed by atoms with Gasteiger partial charge in [-0.1, -0.05) is 29.8 Å². The maximum Gasteiger partial charge on any atom is 0.332 e. The number of hydrogen-bond acceptors (Lipinski definition) is 1. The molecule has 0 heterocycles. The highest BCUT2D eigenvalue weighted by Gasteiger charge is 2.28. The lowest BCUT2D eigenvalue weighted by atomic mass is 9.78. The zero-order valence-corrected chi connectivity index (χ0v) is 8.94. The number of carbonyl (C=O) groups is 1. The van der Waals surface area contributed by atoms with Crippen molar-refractivity contribution < 1.29 is 9.90 Å². The van der Waals surface area contributed by atoms with Gasteiger partial charge in [0.05, 0.1) is 0 Å². The molecule has 1 aliphatic rings. The summed E-state index contributed by atoms with van der Waals surface area (Å²) in [6, 6.07) is 0. The Morgan fingerprint density at radius 1 is 1.58 bits per heavy atom. The molecule has 1 N–H and O–H groups in total. The van der Waals surface area contributed by atoms with Crippen LogP contribution < -0.4 is 0 Å². The fraction of sp³-hybridized carbons (Fsp3) is 0.667. The molecule has 0 atom stereocenters. The third kappa shape index (κ3) is 2.09. The summed E-state index contributed by atoms with van der Waals surface area (Å²) >= 11 is 3.33. The second-order valence-electron chi connectivity index (χ2n) is 4.03. The van der Waals surface area contributed by atoms with E-state index in [4.69, 9.17) is 5.11 Å². The number of hydrogen-bond donors (Lipinski definition) is 1. The van der Waals surface area contributed by atoms with Gasteiger partial charge in [0.1, 0.15) is 0 Å². The fourth-order valence-corrected chi connectivity index (χ4v) is 2.56. The van der Waals surface area contributed by atoms with E-state index in [0.29, 0.717) is 12.0 Å². The Bertz CT molecular complexity index is 241. The van der Waals surface area contributed by atoms with Crippen LogP contribution in [0.2, 0.25) is 0 Å². The summed E-state index contributed by atoms with van der Waals surface area (Å²) in [4.78, 5) is 10.7. The van der Waals surface area contributed by atoms with Crippen LogP contribution in [0.15, 0.2) is 10.1 Å². The van der Waals surface area contributed by atoms with E-state index < -0.39 is 5.97 Å². The van der Waals surface area contributed by atoms with E-state index in [1.807, 2.05) is 0 Å². The molecule has 1 aliphatic carbocycles. The highest BCUT2D eigenvalue weighted by atomic mass is 79.9. The zero-order valence-electron chi connectivity index (χ0n) is 7.35. The van der Waals surface area contributed by atoms with Gasteiger partial charge in [0.25, 0.3) is 0 Å². The van der Waals surface area contributed by atoms with Crippen molar-refractivity contribution in [2.45, 2.75) is 33.1 Å². The molecule has 0 radical (unpaired) electrons. The average molecular weight is 233 g/mol. The van der Waals surface area contributed by atoms with Gasteiger partial charge in [-0.25, -0.2) is 4.79 Å². The number of carboxylic acids is 1. The van der Waals surface area contributed by atoms with E-state index in [1.165, 1.54) is 0 Å². The minimum absolute atomic E-state index is 0.248. The predicted octanol–water partition coefficient (Wildman–Crippen LogP) is 2.93. The molecule has 0 saturated carbocycles. The quantitative estimate of drug-likeness (QED) is 0.755. The monoisotopic (exact) mass is 232 g/mol. The molecule has 1 rings (SSSR count). The molecule has 0 aromatic carbocycles. The number of rotatable bonds is 1. The van der Waals surface area contributed by atoms with Gasteiger partial charge in [-0.05, 0) is 24.7 Å². The first-order valence-electron chi connectivity index (χ1n) is 4.03. The molecule has 0 aromatic rings. The van der Waals surface area contributed by atoms with Crippen LogP contribution in [-0.4, -0.2) is 11.1 Å². The van der Waals surface area contributed by atoms with Gasteiger partial charge < -0.3 is 5.11 Å². The first-order valence-corrected chi connectivity index (χ1v) is 4.82. The molecule has 68 valence electrons. The number of allylic oxidation sites excluding steroid dienone is 1. The lowest BCUT2D eigenvalue weighted by Crippen LogP contribution is -2.19. The van der Waals surface area contributed by atoms with Gasteiger partial charge in [0.2, 0.25) is 0 Å². The molecular formula is C9H13BrO2. The normalized spacial score (nSPS) is 22.6. The number of aliphatic carboxylic acids is 1. The predicted molar refractivity (Wildman–Crippen MR) is 51.2 cm³/mol. The summed E-state index contributed by atoms with van der Waals surface area (Å²) in [5.74, 6) is -0.780. The Labute approximate surface area is 80.8 Å². The first kappa shape index (κ1) is 9.78. The molecule has 0 spiro atoms. The molecular weight excluding hydrogens is 220 g/mol.